The number of likely N-dealkylation sites (N-methyl/N-ethyl adjacent to an activating group) is 1. The normalized spacial score (nSPS) is 19.7. The SMILES string of the molecule is CN1C(=O)/C(=C\c2ccc(C(=O)NCCCN3CCOCC3)cc2)SC1=S. The Bertz CT molecular complexity index is 743. The number of hydrogen-bond acceptors (Lipinski definition) is 6. The second-order valence-corrected chi connectivity index (χ2v) is 8.10. The Kier molecular flexibility index (Phi) is 7.01. The molecule has 0 saturated carbocycles. The lowest BCUT2D eigenvalue weighted by Crippen LogP contribution is -2.38. The predicted molar refractivity (Wildman–Crippen MR) is 112 cm³/mol. The van der Waals surface area contributed by atoms with Crippen molar-refractivity contribution < 1.29 is 14.3 Å². The molecule has 0 atom stereocenters. The van der Waals surface area contributed by atoms with E-state index in [1.54, 1.807) is 25.3 Å². The Labute approximate surface area is 168 Å². The van der Waals surface area contributed by atoms with Gasteiger partial charge in [-0.25, -0.2) is 0 Å². The molecule has 0 radical (unpaired) electrons. The number of nitrogens with one attached hydrogen (secondary N) is 1. The van der Waals surface area contributed by atoms with Crippen molar-refractivity contribution in [2.24, 2.45) is 0 Å². The number of rotatable bonds is 6. The van der Waals surface area contributed by atoms with Gasteiger partial charge in [0, 0.05) is 32.2 Å². The van der Waals surface area contributed by atoms with Crippen LogP contribution in [0.1, 0.15) is 22.3 Å². The molecular formula is C19H23N3O3S2. The number of thiocarbonyl (C=S) groups is 1. The lowest BCUT2D eigenvalue weighted by Gasteiger charge is -2.26. The average molecular weight is 406 g/mol. The molecule has 1 N–H and O–H groups in total. The van der Waals surface area contributed by atoms with Crippen LogP contribution >= 0.6 is 24.0 Å². The lowest BCUT2D eigenvalue weighted by molar-refractivity contribution is -0.121. The lowest BCUT2D eigenvalue weighted by atomic mass is 10.1. The minimum absolute atomic E-state index is 0.0802. The third-order valence-electron chi connectivity index (χ3n) is 4.50. The zero-order chi connectivity index (χ0) is 19.2. The number of morpholine rings is 1. The smallest absolute Gasteiger partial charge is 0.265 e. The molecule has 6 nitrogen and oxygen atoms in total. The molecule has 0 aliphatic carbocycles. The van der Waals surface area contributed by atoms with Gasteiger partial charge in [0.15, 0.2) is 0 Å². The fourth-order valence-electron chi connectivity index (χ4n) is 2.86. The highest BCUT2D eigenvalue weighted by atomic mass is 32.2. The van der Waals surface area contributed by atoms with E-state index in [1.807, 2.05) is 12.1 Å². The maximum atomic E-state index is 12.2. The number of thioether (sulfide) groups is 1. The molecule has 0 bridgehead atoms. The molecule has 1 aromatic rings. The molecule has 8 heteroatoms. The van der Waals surface area contributed by atoms with Gasteiger partial charge in [-0.3, -0.25) is 19.4 Å². The minimum Gasteiger partial charge on any atom is -0.379 e. The van der Waals surface area contributed by atoms with Gasteiger partial charge in [0.2, 0.25) is 0 Å². The van der Waals surface area contributed by atoms with Crippen molar-refractivity contribution in [2.45, 2.75) is 6.42 Å². The zero-order valence-corrected chi connectivity index (χ0v) is 16.9. The Morgan fingerprint density at radius 3 is 2.63 bits per heavy atom. The highest BCUT2D eigenvalue weighted by molar-refractivity contribution is 8.26. The number of amides is 2. The predicted octanol–water partition coefficient (Wildman–Crippen LogP) is 1.97. The van der Waals surface area contributed by atoms with Crippen LogP contribution < -0.4 is 5.32 Å². The molecule has 0 aromatic heterocycles. The highest BCUT2D eigenvalue weighted by Gasteiger charge is 2.28. The fourth-order valence-corrected chi connectivity index (χ4v) is 4.04. The van der Waals surface area contributed by atoms with E-state index in [1.165, 1.54) is 16.7 Å². The van der Waals surface area contributed by atoms with Crippen molar-refractivity contribution >= 4 is 46.2 Å². The molecule has 2 fully saturated rings. The molecule has 0 unspecified atom stereocenters. The van der Waals surface area contributed by atoms with Crippen molar-refractivity contribution in [3.8, 4) is 0 Å². The summed E-state index contributed by atoms with van der Waals surface area (Å²) in [4.78, 5) is 28.7. The van der Waals surface area contributed by atoms with Crippen LogP contribution in [0.5, 0.6) is 0 Å². The largest absolute Gasteiger partial charge is 0.379 e. The van der Waals surface area contributed by atoms with Gasteiger partial charge in [-0.15, -0.1) is 0 Å². The van der Waals surface area contributed by atoms with Crippen LogP contribution in [0.2, 0.25) is 0 Å². The van der Waals surface area contributed by atoms with Crippen LogP contribution in [-0.4, -0.2) is 72.4 Å². The number of benzene rings is 1. The summed E-state index contributed by atoms with van der Waals surface area (Å²) in [5, 5.41) is 2.96. The third-order valence-corrected chi connectivity index (χ3v) is 5.98. The molecule has 2 amide bonds. The number of carbonyl (C=O) groups is 2. The average Bonchev–Trinajstić information content (AvgIpc) is 2.93. The molecule has 27 heavy (non-hydrogen) atoms. The quantitative estimate of drug-likeness (QED) is 0.444. The van der Waals surface area contributed by atoms with Crippen LogP contribution in [0.25, 0.3) is 6.08 Å². The van der Waals surface area contributed by atoms with Crippen molar-refractivity contribution in [2.75, 3.05) is 46.4 Å². The van der Waals surface area contributed by atoms with E-state index in [4.69, 9.17) is 17.0 Å². The second-order valence-electron chi connectivity index (χ2n) is 6.43. The van der Waals surface area contributed by atoms with E-state index < -0.39 is 0 Å². The summed E-state index contributed by atoms with van der Waals surface area (Å²) in [6.45, 7) is 5.13. The van der Waals surface area contributed by atoms with E-state index in [0.717, 1.165) is 44.8 Å². The van der Waals surface area contributed by atoms with Gasteiger partial charge in [0.05, 0.1) is 18.1 Å². The summed E-state index contributed by atoms with van der Waals surface area (Å²) < 4.78 is 5.88. The Balaban J connectivity index is 1.47. The molecule has 2 aliphatic rings. The van der Waals surface area contributed by atoms with Gasteiger partial charge in [0.25, 0.3) is 11.8 Å². The molecule has 0 spiro atoms. The molecule has 2 aliphatic heterocycles. The van der Waals surface area contributed by atoms with Gasteiger partial charge in [-0.1, -0.05) is 36.1 Å². The second kappa shape index (κ2) is 9.45. The van der Waals surface area contributed by atoms with Gasteiger partial charge < -0.3 is 10.1 Å². The summed E-state index contributed by atoms with van der Waals surface area (Å²) in [6, 6.07) is 7.22. The molecule has 3 rings (SSSR count). The number of carbonyl (C=O) groups excluding carboxylic acids is 2. The summed E-state index contributed by atoms with van der Waals surface area (Å²) >= 11 is 6.41. The highest BCUT2D eigenvalue weighted by Crippen LogP contribution is 2.31. The number of hydrogen-bond donors (Lipinski definition) is 1. The van der Waals surface area contributed by atoms with Gasteiger partial charge >= 0.3 is 0 Å². The van der Waals surface area contributed by atoms with E-state index in [0.29, 0.717) is 21.3 Å². The van der Waals surface area contributed by atoms with Crippen molar-refractivity contribution in [3.05, 3.63) is 40.3 Å². The van der Waals surface area contributed by atoms with Crippen LogP contribution in [0.3, 0.4) is 0 Å². The first-order chi connectivity index (χ1) is 13.0. The summed E-state index contributed by atoms with van der Waals surface area (Å²) in [6.07, 6.45) is 2.72. The monoisotopic (exact) mass is 405 g/mol. The van der Waals surface area contributed by atoms with Crippen molar-refractivity contribution in [1.29, 1.82) is 0 Å². The maximum absolute atomic E-state index is 12.2. The van der Waals surface area contributed by atoms with Gasteiger partial charge in [-0.2, -0.15) is 0 Å². The zero-order valence-electron chi connectivity index (χ0n) is 15.3. The molecule has 2 saturated heterocycles. The first-order valence-corrected chi connectivity index (χ1v) is 10.2. The first-order valence-electron chi connectivity index (χ1n) is 8.94. The topological polar surface area (TPSA) is 61.9 Å². The standard InChI is InChI=1S/C19H23N3O3S2/c1-21-18(24)16(27-19(21)26)13-14-3-5-15(6-4-14)17(23)20-7-2-8-22-9-11-25-12-10-22/h3-6,13H,2,7-12H2,1H3,(H,20,23)/b16-13+. The van der Waals surface area contributed by atoms with Crippen LogP contribution in [0.15, 0.2) is 29.2 Å². The van der Waals surface area contributed by atoms with Crippen LogP contribution in [-0.2, 0) is 9.53 Å². The number of ether oxygens (including phenoxy) is 1. The molecule has 144 valence electrons. The summed E-state index contributed by atoms with van der Waals surface area (Å²) in [5.74, 6) is -0.171. The van der Waals surface area contributed by atoms with E-state index in [-0.39, 0.29) is 11.8 Å². The summed E-state index contributed by atoms with van der Waals surface area (Å²) in [7, 11) is 1.67. The fraction of sp³-hybridized carbons (Fsp3) is 0.421. The van der Waals surface area contributed by atoms with Crippen LogP contribution in [0, 0.1) is 0 Å². The molecular weight excluding hydrogens is 382 g/mol. The van der Waals surface area contributed by atoms with Gasteiger partial charge in [0.1, 0.15) is 4.32 Å². The number of nitrogens with zero attached hydrogens (tertiary/aromatic N) is 2. The Hall–Kier alpha value is -1.74. The van der Waals surface area contributed by atoms with E-state index in [9.17, 15) is 9.59 Å². The van der Waals surface area contributed by atoms with E-state index >= 15 is 0 Å². The first kappa shape index (κ1) is 20.0. The van der Waals surface area contributed by atoms with Crippen molar-refractivity contribution in [3.63, 3.8) is 0 Å². The maximum Gasteiger partial charge on any atom is 0.265 e. The molecule has 2 heterocycles. The minimum atomic E-state index is -0.0907. The Morgan fingerprint density at radius 1 is 1.30 bits per heavy atom. The van der Waals surface area contributed by atoms with E-state index in [2.05, 4.69) is 10.2 Å². The Morgan fingerprint density at radius 2 is 2.00 bits per heavy atom. The molecule has 1 aromatic carbocycles. The van der Waals surface area contributed by atoms with Crippen molar-refractivity contribution in [1.82, 2.24) is 15.1 Å². The summed E-state index contributed by atoms with van der Waals surface area (Å²) in [5.41, 5.74) is 1.48. The third kappa shape index (κ3) is 5.38. The van der Waals surface area contributed by atoms with Gasteiger partial charge in [-0.05, 0) is 36.7 Å². The van der Waals surface area contributed by atoms with Crippen LogP contribution in [0.4, 0.5) is 0 Å².